The third kappa shape index (κ3) is 8.13. The number of nitrogens with zero attached hydrogens (tertiary/aromatic N) is 2. The third-order valence-electron chi connectivity index (χ3n) is 5.66. The maximum Gasteiger partial charge on any atom is 0.244 e. The van der Waals surface area contributed by atoms with Gasteiger partial charge in [0, 0.05) is 24.0 Å². The molecule has 7 nitrogen and oxygen atoms in total. The zero-order valence-electron chi connectivity index (χ0n) is 20.6. The SMILES string of the molecule is CCNC(=O)C(Cc1ccccc1)N(Cc1ccc(Br)cc1)C(=O)CN(c1cccc(F)c1)S(C)(=O)=O. The normalized spacial score (nSPS) is 12.0. The Kier molecular flexibility index (Phi) is 9.82. The lowest BCUT2D eigenvalue weighted by Crippen LogP contribution is -2.53. The minimum atomic E-state index is -3.94. The van der Waals surface area contributed by atoms with E-state index in [2.05, 4.69) is 21.2 Å². The van der Waals surface area contributed by atoms with Crippen molar-refractivity contribution in [2.45, 2.75) is 25.9 Å². The maximum atomic E-state index is 13.9. The van der Waals surface area contributed by atoms with Gasteiger partial charge in [-0.2, -0.15) is 0 Å². The number of hydrogen-bond donors (Lipinski definition) is 1. The average molecular weight is 591 g/mol. The van der Waals surface area contributed by atoms with Crippen LogP contribution in [0.3, 0.4) is 0 Å². The first kappa shape index (κ1) is 28.3. The number of sulfonamides is 1. The summed E-state index contributed by atoms with van der Waals surface area (Å²) >= 11 is 3.40. The molecule has 0 aliphatic rings. The minimum Gasteiger partial charge on any atom is -0.355 e. The standard InChI is InChI=1S/C27H29BrFN3O4S/c1-3-30-27(34)25(16-20-8-5-4-6-9-20)31(18-21-12-14-22(28)15-13-21)26(33)19-32(37(2,35)36)24-11-7-10-23(29)17-24/h4-15,17,25H,3,16,18-19H2,1-2H3,(H,30,34). The molecule has 10 heteroatoms. The zero-order chi connectivity index (χ0) is 27.0. The highest BCUT2D eigenvalue weighted by molar-refractivity contribution is 9.10. The van der Waals surface area contributed by atoms with Crippen LogP contribution in [0.5, 0.6) is 0 Å². The molecular formula is C27H29BrFN3O4S. The summed E-state index contributed by atoms with van der Waals surface area (Å²) in [6.45, 7) is 1.63. The molecule has 0 saturated heterocycles. The molecule has 196 valence electrons. The van der Waals surface area contributed by atoms with Crippen LogP contribution in [0.2, 0.25) is 0 Å². The Morgan fingerprint density at radius 3 is 2.24 bits per heavy atom. The monoisotopic (exact) mass is 589 g/mol. The van der Waals surface area contributed by atoms with Gasteiger partial charge in [0.1, 0.15) is 18.4 Å². The van der Waals surface area contributed by atoms with Crippen LogP contribution in [-0.4, -0.2) is 50.5 Å². The zero-order valence-corrected chi connectivity index (χ0v) is 23.0. The molecule has 0 aromatic heterocycles. The van der Waals surface area contributed by atoms with E-state index < -0.39 is 34.3 Å². The van der Waals surface area contributed by atoms with Crippen molar-refractivity contribution in [3.8, 4) is 0 Å². The topological polar surface area (TPSA) is 86.8 Å². The molecule has 1 atom stereocenters. The quantitative estimate of drug-likeness (QED) is 0.364. The van der Waals surface area contributed by atoms with Crippen molar-refractivity contribution in [1.82, 2.24) is 10.2 Å². The molecule has 3 rings (SSSR count). The summed E-state index contributed by atoms with van der Waals surface area (Å²) in [5, 5.41) is 2.80. The smallest absolute Gasteiger partial charge is 0.244 e. The van der Waals surface area contributed by atoms with Gasteiger partial charge in [-0.05, 0) is 48.4 Å². The molecule has 3 aromatic rings. The van der Waals surface area contributed by atoms with Gasteiger partial charge in [0.2, 0.25) is 21.8 Å². The molecule has 0 fully saturated rings. The molecular weight excluding hydrogens is 561 g/mol. The summed E-state index contributed by atoms with van der Waals surface area (Å²) in [6.07, 6.45) is 1.18. The average Bonchev–Trinajstić information content (AvgIpc) is 2.85. The van der Waals surface area contributed by atoms with Crippen molar-refractivity contribution in [3.63, 3.8) is 0 Å². The number of carbonyl (C=O) groups is 2. The fourth-order valence-electron chi connectivity index (χ4n) is 3.88. The van der Waals surface area contributed by atoms with Crippen molar-refractivity contribution in [3.05, 3.63) is 100 Å². The summed E-state index contributed by atoms with van der Waals surface area (Å²) in [7, 11) is -3.94. The lowest BCUT2D eigenvalue weighted by Gasteiger charge is -2.33. The van der Waals surface area contributed by atoms with E-state index in [1.807, 2.05) is 54.6 Å². The molecule has 0 aliphatic carbocycles. The Bertz CT molecular complexity index is 1320. The second-order valence-electron chi connectivity index (χ2n) is 8.50. The number of benzene rings is 3. The van der Waals surface area contributed by atoms with E-state index in [1.165, 1.54) is 23.1 Å². The number of likely N-dealkylation sites (N-methyl/N-ethyl adjacent to an activating group) is 1. The van der Waals surface area contributed by atoms with Crippen molar-refractivity contribution in [2.75, 3.05) is 23.7 Å². The first-order chi connectivity index (χ1) is 17.6. The Hall–Kier alpha value is -3.24. The van der Waals surface area contributed by atoms with E-state index >= 15 is 0 Å². The molecule has 37 heavy (non-hydrogen) atoms. The molecule has 2 amide bonds. The number of nitrogens with one attached hydrogen (secondary N) is 1. The van der Waals surface area contributed by atoms with E-state index in [9.17, 15) is 22.4 Å². The molecule has 0 radical (unpaired) electrons. The van der Waals surface area contributed by atoms with Crippen LogP contribution >= 0.6 is 15.9 Å². The molecule has 1 unspecified atom stereocenters. The molecule has 1 N–H and O–H groups in total. The van der Waals surface area contributed by atoms with Gasteiger partial charge in [0.05, 0.1) is 11.9 Å². The highest BCUT2D eigenvalue weighted by atomic mass is 79.9. The maximum absolute atomic E-state index is 13.9. The Labute approximate surface area is 225 Å². The van der Waals surface area contributed by atoms with Gasteiger partial charge >= 0.3 is 0 Å². The Balaban J connectivity index is 2.03. The first-order valence-corrected chi connectivity index (χ1v) is 14.3. The van der Waals surface area contributed by atoms with Crippen molar-refractivity contribution in [1.29, 1.82) is 0 Å². The van der Waals surface area contributed by atoms with Gasteiger partial charge in [-0.25, -0.2) is 12.8 Å². The fraction of sp³-hybridized carbons (Fsp3) is 0.259. The van der Waals surface area contributed by atoms with E-state index in [-0.39, 0.29) is 24.6 Å². The lowest BCUT2D eigenvalue weighted by atomic mass is 10.0. The van der Waals surface area contributed by atoms with Crippen LogP contribution in [0.25, 0.3) is 0 Å². The second kappa shape index (κ2) is 12.8. The minimum absolute atomic E-state index is 0.0251. The van der Waals surface area contributed by atoms with Crippen LogP contribution < -0.4 is 9.62 Å². The number of halogens is 2. The van der Waals surface area contributed by atoms with Crippen LogP contribution in [0.15, 0.2) is 83.3 Å². The predicted octanol–water partition coefficient (Wildman–Crippen LogP) is 4.13. The van der Waals surface area contributed by atoms with Gasteiger partial charge in [0.25, 0.3) is 0 Å². The largest absolute Gasteiger partial charge is 0.355 e. The summed E-state index contributed by atoms with van der Waals surface area (Å²) in [5.74, 6) is -1.58. The molecule has 0 spiro atoms. The van der Waals surface area contributed by atoms with E-state index in [0.717, 1.165) is 32.2 Å². The van der Waals surface area contributed by atoms with Crippen LogP contribution in [-0.2, 0) is 32.6 Å². The predicted molar refractivity (Wildman–Crippen MR) is 146 cm³/mol. The highest BCUT2D eigenvalue weighted by Gasteiger charge is 2.32. The summed E-state index contributed by atoms with van der Waals surface area (Å²) < 4.78 is 40.9. The molecule has 0 heterocycles. The third-order valence-corrected chi connectivity index (χ3v) is 7.33. The highest BCUT2D eigenvalue weighted by Crippen LogP contribution is 2.21. The van der Waals surface area contributed by atoms with Gasteiger partial charge in [-0.15, -0.1) is 0 Å². The van der Waals surface area contributed by atoms with E-state index in [1.54, 1.807) is 6.92 Å². The van der Waals surface area contributed by atoms with Gasteiger partial charge in [0.15, 0.2) is 0 Å². The molecule has 0 saturated carbocycles. The number of anilines is 1. The molecule has 0 bridgehead atoms. The summed E-state index contributed by atoms with van der Waals surface area (Å²) in [6, 6.07) is 20.7. The molecule has 3 aromatic carbocycles. The van der Waals surface area contributed by atoms with Gasteiger partial charge < -0.3 is 10.2 Å². The summed E-state index contributed by atoms with van der Waals surface area (Å²) in [4.78, 5) is 28.4. The van der Waals surface area contributed by atoms with Crippen LogP contribution in [0.4, 0.5) is 10.1 Å². The van der Waals surface area contributed by atoms with E-state index in [0.29, 0.717) is 6.54 Å². The second-order valence-corrected chi connectivity index (χ2v) is 11.3. The first-order valence-electron chi connectivity index (χ1n) is 11.7. The van der Waals surface area contributed by atoms with Gasteiger partial charge in [-0.1, -0.05) is 64.5 Å². The number of amides is 2. The molecule has 0 aliphatic heterocycles. The van der Waals surface area contributed by atoms with Crippen LogP contribution in [0.1, 0.15) is 18.1 Å². The van der Waals surface area contributed by atoms with Crippen molar-refractivity contribution >= 4 is 43.5 Å². The van der Waals surface area contributed by atoms with Crippen molar-refractivity contribution < 1.29 is 22.4 Å². The Morgan fingerprint density at radius 1 is 0.973 bits per heavy atom. The van der Waals surface area contributed by atoms with Crippen LogP contribution in [0, 0.1) is 5.82 Å². The number of rotatable bonds is 11. The Morgan fingerprint density at radius 2 is 1.65 bits per heavy atom. The van der Waals surface area contributed by atoms with E-state index in [4.69, 9.17) is 0 Å². The summed E-state index contributed by atoms with van der Waals surface area (Å²) in [5.41, 5.74) is 1.63. The van der Waals surface area contributed by atoms with Gasteiger partial charge in [-0.3, -0.25) is 13.9 Å². The fourth-order valence-corrected chi connectivity index (χ4v) is 4.98. The lowest BCUT2D eigenvalue weighted by molar-refractivity contribution is -0.140. The number of hydrogen-bond acceptors (Lipinski definition) is 4. The van der Waals surface area contributed by atoms with Crippen molar-refractivity contribution in [2.24, 2.45) is 0 Å². The number of carbonyl (C=O) groups excluding carboxylic acids is 2.